The van der Waals surface area contributed by atoms with Crippen LogP contribution in [0.1, 0.15) is 43.2 Å². The van der Waals surface area contributed by atoms with Gasteiger partial charge in [-0.3, -0.25) is 4.98 Å². The molecule has 2 aromatic rings. The molecule has 4 nitrogen and oxygen atoms in total. The Morgan fingerprint density at radius 2 is 2.17 bits per heavy atom. The lowest BCUT2D eigenvalue weighted by Crippen LogP contribution is -2.40. The zero-order chi connectivity index (χ0) is 16.7. The van der Waals surface area contributed by atoms with Crippen LogP contribution in [0.3, 0.4) is 0 Å². The van der Waals surface area contributed by atoms with E-state index < -0.39 is 0 Å². The molecule has 2 fully saturated rings. The number of nitrogens with zero attached hydrogens (tertiary/aromatic N) is 3. The summed E-state index contributed by atoms with van der Waals surface area (Å²) in [7, 11) is 0. The van der Waals surface area contributed by atoms with Crippen molar-refractivity contribution >= 4 is 22.9 Å². The van der Waals surface area contributed by atoms with Crippen molar-refractivity contribution in [2.75, 3.05) is 18.0 Å². The highest BCUT2D eigenvalue weighted by Crippen LogP contribution is 2.42. The van der Waals surface area contributed by atoms with Crippen molar-refractivity contribution in [3.63, 3.8) is 0 Å². The van der Waals surface area contributed by atoms with Gasteiger partial charge >= 0.3 is 0 Å². The second kappa shape index (κ2) is 5.90. The van der Waals surface area contributed by atoms with Crippen molar-refractivity contribution in [2.45, 2.75) is 32.1 Å². The number of aldehydes is 1. The fourth-order valence-corrected chi connectivity index (χ4v) is 3.86. The van der Waals surface area contributed by atoms with E-state index >= 15 is 0 Å². The van der Waals surface area contributed by atoms with Gasteiger partial charge in [-0.15, -0.1) is 0 Å². The van der Waals surface area contributed by atoms with Gasteiger partial charge in [-0.1, -0.05) is 19.1 Å². The van der Waals surface area contributed by atoms with Crippen molar-refractivity contribution < 1.29 is 4.79 Å². The highest BCUT2D eigenvalue weighted by Gasteiger charge is 2.29. The molecule has 122 valence electrons. The summed E-state index contributed by atoms with van der Waals surface area (Å²) in [6, 6.07) is 8.80. The van der Waals surface area contributed by atoms with Gasteiger partial charge in [0, 0.05) is 30.6 Å². The standard InChI is InChI=1S/C20H21N3O/c1-13-11-23(7-6-16(13)12-24)20-17(9-21)10-22-19-8-15(14-2-3-14)4-5-18(19)20/h4-5,8,10,12-14,16H,2-3,6-7,11H2,1H3/t13?,16-/m1/s1. The lowest BCUT2D eigenvalue weighted by Gasteiger charge is -2.37. The molecule has 1 unspecified atom stereocenters. The number of nitriles is 1. The molecule has 2 atom stereocenters. The first-order chi connectivity index (χ1) is 11.7. The second-order valence-corrected chi connectivity index (χ2v) is 7.20. The third kappa shape index (κ3) is 2.54. The van der Waals surface area contributed by atoms with E-state index in [0.717, 1.165) is 42.4 Å². The van der Waals surface area contributed by atoms with Crippen LogP contribution in [0.2, 0.25) is 0 Å². The van der Waals surface area contributed by atoms with Crippen LogP contribution in [-0.2, 0) is 4.79 Å². The van der Waals surface area contributed by atoms with E-state index in [-0.39, 0.29) is 5.92 Å². The maximum atomic E-state index is 11.2. The predicted molar refractivity (Wildman–Crippen MR) is 94.0 cm³/mol. The van der Waals surface area contributed by atoms with Crippen molar-refractivity contribution in [2.24, 2.45) is 11.8 Å². The van der Waals surface area contributed by atoms with Crippen LogP contribution in [0.15, 0.2) is 24.4 Å². The van der Waals surface area contributed by atoms with Crippen molar-refractivity contribution in [1.29, 1.82) is 5.26 Å². The van der Waals surface area contributed by atoms with E-state index in [9.17, 15) is 10.1 Å². The topological polar surface area (TPSA) is 57.0 Å². The minimum atomic E-state index is 0.126. The zero-order valence-corrected chi connectivity index (χ0v) is 13.9. The number of carbonyl (C=O) groups is 1. The van der Waals surface area contributed by atoms with Gasteiger partial charge in [0.15, 0.2) is 0 Å². The first kappa shape index (κ1) is 15.1. The number of fused-ring (bicyclic) bond motifs is 1. The smallest absolute Gasteiger partial charge is 0.123 e. The van der Waals surface area contributed by atoms with E-state index in [0.29, 0.717) is 17.4 Å². The summed E-state index contributed by atoms with van der Waals surface area (Å²) in [6.45, 7) is 3.74. The van der Waals surface area contributed by atoms with Crippen LogP contribution in [0.25, 0.3) is 10.9 Å². The molecule has 1 aromatic carbocycles. The van der Waals surface area contributed by atoms with Gasteiger partial charge in [-0.25, -0.2) is 0 Å². The molecule has 4 heteroatoms. The van der Waals surface area contributed by atoms with Crippen molar-refractivity contribution in [1.82, 2.24) is 4.98 Å². The monoisotopic (exact) mass is 319 g/mol. The fraction of sp³-hybridized carbons (Fsp3) is 0.450. The number of carbonyl (C=O) groups excluding carboxylic acids is 1. The minimum Gasteiger partial charge on any atom is -0.370 e. The van der Waals surface area contributed by atoms with Crippen molar-refractivity contribution in [3.8, 4) is 6.07 Å². The first-order valence-electron chi connectivity index (χ1n) is 8.74. The van der Waals surface area contributed by atoms with Gasteiger partial charge in [0.05, 0.1) is 16.8 Å². The summed E-state index contributed by atoms with van der Waals surface area (Å²) in [5.74, 6) is 1.12. The third-order valence-corrected chi connectivity index (χ3v) is 5.50. The highest BCUT2D eigenvalue weighted by atomic mass is 16.1. The van der Waals surface area contributed by atoms with Crippen LogP contribution in [0.4, 0.5) is 5.69 Å². The number of piperidine rings is 1. The largest absolute Gasteiger partial charge is 0.370 e. The van der Waals surface area contributed by atoms with Gasteiger partial charge in [0.25, 0.3) is 0 Å². The number of rotatable bonds is 3. The molecule has 24 heavy (non-hydrogen) atoms. The normalized spacial score (nSPS) is 23.9. The second-order valence-electron chi connectivity index (χ2n) is 7.20. The highest BCUT2D eigenvalue weighted by molar-refractivity contribution is 5.95. The molecule has 2 heterocycles. The number of benzene rings is 1. The van der Waals surface area contributed by atoms with E-state index in [1.54, 1.807) is 6.20 Å². The summed E-state index contributed by atoms with van der Waals surface area (Å²) in [6.07, 6.45) is 6.17. The number of pyridine rings is 1. The van der Waals surface area contributed by atoms with Crippen LogP contribution >= 0.6 is 0 Å². The molecule has 0 N–H and O–H groups in total. The fourth-order valence-electron chi connectivity index (χ4n) is 3.86. The zero-order valence-electron chi connectivity index (χ0n) is 13.9. The predicted octanol–water partition coefficient (Wildman–Crippen LogP) is 3.65. The Labute approximate surface area is 142 Å². The molecule has 0 radical (unpaired) electrons. The maximum absolute atomic E-state index is 11.2. The quantitative estimate of drug-likeness (QED) is 0.810. The molecular formula is C20H21N3O. The summed E-state index contributed by atoms with van der Waals surface area (Å²) in [5, 5.41) is 10.6. The molecule has 1 aromatic heterocycles. The van der Waals surface area contributed by atoms with Gasteiger partial charge in [-0.2, -0.15) is 5.26 Å². The average Bonchev–Trinajstić information content (AvgIpc) is 3.45. The van der Waals surface area contributed by atoms with Gasteiger partial charge in [0.1, 0.15) is 12.4 Å². The van der Waals surface area contributed by atoms with Gasteiger partial charge < -0.3 is 9.69 Å². The number of hydrogen-bond acceptors (Lipinski definition) is 4. The molecule has 0 bridgehead atoms. The van der Waals surface area contributed by atoms with E-state index in [2.05, 4.69) is 41.1 Å². The molecule has 1 saturated carbocycles. The van der Waals surface area contributed by atoms with Crippen LogP contribution in [0.5, 0.6) is 0 Å². The van der Waals surface area contributed by atoms with Crippen molar-refractivity contribution in [3.05, 3.63) is 35.5 Å². The summed E-state index contributed by atoms with van der Waals surface area (Å²) >= 11 is 0. The Kier molecular flexibility index (Phi) is 3.72. The lowest BCUT2D eigenvalue weighted by molar-refractivity contribution is -0.112. The molecule has 0 spiro atoms. The van der Waals surface area contributed by atoms with E-state index in [1.807, 2.05) is 0 Å². The molecule has 1 aliphatic heterocycles. The Balaban J connectivity index is 1.78. The Morgan fingerprint density at radius 3 is 2.83 bits per heavy atom. The Morgan fingerprint density at radius 1 is 1.33 bits per heavy atom. The molecule has 4 rings (SSSR count). The van der Waals surface area contributed by atoms with Crippen LogP contribution < -0.4 is 4.90 Å². The van der Waals surface area contributed by atoms with Crippen LogP contribution in [0, 0.1) is 23.2 Å². The summed E-state index contributed by atoms with van der Waals surface area (Å²) in [4.78, 5) is 18.0. The number of hydrogen-bond donors (Lipinski definition) is 0. The third-order valence-electron chi connectivity index (χ3n) is 5.50. The van der Waals surface area contributed by atoms with Gasteiger partial charge in [0.2, 0.25) is 0 Å². The Hall–Kier alpha value is -2.41. The van der Waals surface area contributed by atoms with E-state index in [4.69, 9.17) is 0 Å². The molecule has 1 saturated heterocycles. The average molecular weight is 319 g/mol. The Bertz CT molecular complexity index is 835. The molecule has 2 aliphatic rings. The maximum Gasteiger partial charge on any atom is 0.123 e. The lowest BCUT2D eigenvalue weighted by atomic mass is 9.87. The van der Waals surface area contributed by atoms with Gasteiger partial charge in [-0.05, 0) is 42.7 Å². The first-order valence-corrected chi connectivity index (χ1v) is 8.74. The molecular weight excluding hydrogens is 298 g/mol. The van der Waals surface area contributed by atoms with Crippen LogP contribution in [-0.4, -0.2) is 24.4 Å². The number of aromatic nitrogens is 1. The number of anilines is 1. The molecule has 1 aliphatic carbocycles. The summed E-state index contributed by atoms with van der Waals surface area (Å²) < 4.78 is 0. The summed E-state index contributed by atoms with van der Waals surface area (Å²) in [5.41, 5.74) is 3.94. The molecule has 0 amide bonds. The van der Waals surface area contributed by atoms with E-state index in [1.165, 1.54) is 18.4 Å². The minimum absolute atomic E-state index is 0.126. The SMILES string of the molecule is CC1CN(c2c(C#N)cnc3cc(C4CC4)ccc23)CC[C@@H]1C=O.